The summed E-state index contributed by atoms with van der Waals surface area (Å²) in [4.78, 5) is 10.1. The van der Waals surface area contributed by atoms with Crippen LogP contribution in [0.4, 0.5) is 0 Å². The maximum Gasteiger partial charge on any atom is 0.149 e. The fraction of sp³-hybridized carbons (Fsp3) is 0.276. The number of para-hydroxylation sites is 1. The zero-order chi connectivity index (χ0) is 57.1. The van der Waals surface area contributed by atoms with Gasteiger partial charge in [0, 0.05) is 38.1 Å². The monoisotopic (exact) mass is 831 g/mol. The topological polar surface area (TPSA) is 50.9 Å². The third-order valence-corrected chi connectivity index (χ3v) is 11.4. The molecule has 0 aliphatic heterocycles. The lowest BCUT2D eigenvalue weighted by Crippen LogP contribution is -2.11. The first-order chi connectivity index (χ1) is 35.4. The van der Waals surface area contributed by atoms with Crippen LogP contribution in [0.2, 0.25) is 0 Å². The van der Waals surface area contributed by atoms with Gasteiger partial charge in [0.1, 0.15) is 11.6 Å². The van der Waals surface area contributed by atoms with Crippen molar-refractivity contribution in [2.24, 2.45) is 0 Å². The summed E-state index contributed by atoms with van der Waals surface area (Å²) in [5.41, 5.74) is 5.13. The van der Waals surface area contributed by atoms with Gasteiger partial charge in [0.25, 0.3) is 0 Å². The highest BCUT2D eigenvalue weighted by atomic mass is 16.3. The molecule has 62 heavy (non-hydrogen) atoms. The van der Waals surface area contributed by atoms with Gasteiger partial charge in [0.2, 0.25) is 0 Å². The number of imidazole rings is 1. The first-order valence-electron chi connectivity index (χ1n) is 28.2. The number of nitrogens with zero attached hydrogens (tertiary/aromatic N) is 3. The van der Waals surface area contributed by atoms with Gasteiger partial charge in [-0.15, -0.1) is 0 Å². The molecule has 8 aromatic rings. The number of fused-ring (bicyclic) bond motifs is 1. The molecule has 0 saturated carbocycles. The summed E-state index contributed by atoms with van der Waals surface area (Å²) in [6, 6.07) is 28.5. The molecule has 0 fully saturated rings. The molecule has 0 radical (unpaired) electrons. The van der Waals surface area contributed by atoms with Gasteiger partial charge in [-0.2, -0.15) is 0 Å². The minimum Gasteiger partial charge on any atom is -0.507 e. The highest BCUT2D eigenvalue weighted by molar-refractivity contribution is 5.97. The van der Waals surface area contributed by atoms with E-state index in [9.17, 15) is 5.11 Å². The molecule has 4 nitrogen and oxygen atoms in total. The molecule has 4 heteroatoms. The lowest BCUT2D eigenvalue weighted by atomic mass is 9.83. The van der Waals surface area contributed by atoms with Gasteiger partial charge < -0.3 is 5.11 Å². The SMILES string of the molecule is [2H]c1c([2H])c(C(C([2H])([2H])[2H])(C([2H])([2H])[2H])C([2H])([2H])[2H])c([2H])c([2H])c1-c1ccnc(-c2cc(-c3cccc4c3nc(-c3cc(C)cc(C)c3O)n4-c3ccc(-c4c(C([2H])(C)C)cccc4C([2H])(C)C)cc3)cc(C(C)(C)C)c2)c1. The van der Waals surface area contributed by atoms with Gasteiger partial charge in [-0.05, 0) is 146 Å². The molecule has 6 aromatic carbocycles. The van der Waals surface area contributed by atoms with Gasteiger partial charge in [-0.3, -0.25) is 9.55 Å². The predicted molar refractivity (Wildman–Crippen MR) is 263 cm³/mol. The van der Waals surface area contributed by atoms with Gasteiger partial charge in [0.15, 0.2) is 0 Å². The standard InChI is InChI=1S/C58H61N3O/c1-35(2)47-15-13-16-48(36(3)4)53(47)40-21-25-46(26-22-40)61-52-18-14-17-49(54(52)60-56(61)50-30-37(5)29-38(6)55(50)62)42-31-43(33-45(32-42)58(10,11)12)51-34-41(27-28-59-51)39-19-23-44(24-20-39)57(7,8)9/h13-36,62H,1-12H3/i7D3,8D3,9D3,19D,20D,23D,24D,35D,36D. The van der Waals surface area contributed by atoms with Crippen LogP contribution < -0.4 is 0 Å². The van der Waals surface area contributed by atoms with E-state index in [1.807, 2.05) is 131 Å². The molecule has 0 amide bonds. The van der Waals surface area contributed by atoms with Crippen molar-refractivity contribution < 1.29 is 25.7 Å². The number of hydrogen-bond acceptors (Lipinski definition) is 3. The molecule has 2 aromatic heterocycles. The molecule has 0 unspecified atom stereocenters. The van der Waals surface area contributed by atoms with E-state index in [1.54, 1.807) is 6.07 Å². The van der Waals surface area contributed by atoms with Crippen LogP contribution in [0.5, 0.6) is 5.75 Å². The summed E-state index contributed by atoms with van der Waals surface area (Å²) in [5.74, 6) is -1.37. The largest absolute Gasteiger partial charge is 0.507 e. The molecule has 0 spiro atoms. The Morgan fingerprint density at radius 1 is 0.645 bits per heavy atom. The van der Waals surface area contributed by atoms with Crippen LogP contribution >= 0.6 is 0 Å². The summed E-state index contributed by atoms with van der Waals surface area (Å²) >= 11 is 0. The van der Waals surface area contributed by atoms with Crippen molar-refractivity contribution in [1.29, 1.82) is 0 Å². The number of rotatable bonds is 8. The number of phenols is 1. The molecule has 0 saturated heterocycles. The number of aromatic nitrogens is 3. The van der Waals surface area contributed by atoms with E-state index in [-0.39, 0.29) is 16.9 Å². The fourth-order valence-electron chi connectivity index (χ4n) is 8.13. The summed E-state index contributed by atoms with van der Waals surface area (Å²) in [7, 11) is 0. The Labute approximate surface area is 390 Å². The molecule has 0 aliphatic rings. The van der Waals surface area contributed by atoms with Gasteiger partial charge >= 0.3 is 0 Å². The number of pyridine rings is 1. The fourth-order valence-corrected chi connectivity index (χ4v) is 8.13. The lowest BCUT2D eigenvalue weighted by Gasteiger charge is -2.22. The third-order valence-electron chi connectivity index (χ3n) is 11.4. The summed E-state index contributed by atoms with van der Waals surface area (Å²) in [6.07, 6.45) is 1.42. The smallest absolute Gasteiger partial charge is 0.149 e. The Hall–Kier alpha value is -6.26. The van der Waals surface area contributed by atoms with E-state index < -0.39 is 72.9 Å². The Balaban J connectivity index is 1.34. The number of phenolic OH excluding ortho intramolecular Hbond substituents is 1. The van der Waals surface area contributed by atoms with E-state index in [0.29, 0.717) is 33.7 Å². The van der Waals surface area contributed by atoms with Gasteiger partial charge in [-0.25, -0.2) is 4.98 Å². The second-order valence-electron chi connectivity index (χ2n) is 17.7. The number of hydrogen-bond donors (Lipinski definition) is 1. The summed E-state index contributed by atoms with van der Waals surface area (Å²) in [6.45, 7) is 5.88. The van der Waals surface area contributed by atoms with Crippen LogP contribution in [0.15, 0.2) is 133 Å². The molecule has 0 aliphatic carbocycles. The summed E-state index contributed by atoms with van der Waals surface area (Å²) < 4.78 is 130. The average molecular weight is 831 g/mol. The maximum absolute atomic E-state index is 11.8. The second-order valence-corrected chi connectivity index (χ2v) is 17.7. The van der Waals surface area contributed by atoms with Gasteiger partial charge in [-0.1, -0.05) is 148 Å². The van der Waals surface area contributed by atoms with Crippen LogP contribution in [-0.2, 0) is 10.8 Å². The van der Waals surface area contributed by atoms with Crippen LogP contribution in [0.25, 0.3) is 72.7 Å². The minimum atomic E-state index is -3.81. The Kier molecular flexibility index (Phi) is 7.23. The zero-order valence-corrected chi connectivity index (χ0v) is 36.7. The quantitative estimate of drug-likeness (QED) is 0.166. The van der Waals surface area contributed by atoms with Crippen LogP contribution in [0, 0.1) is 13.8 Å². The van der Waals surface area contributed by atoms with Crippen LogP contribution in [-0.4, -0.2) is 19.6 Å². The molecule has 314 valence electrons. The Morgan fingerprint density at radius 3 is 1.95 bits per heavy atom. The molecular weight excluding hydrogens is 755 g/mol. The maximum atomic E-state index is 11.8. The lowest BCUT2D eigenvalue weighted by molar-refractivity contribution is 0.472. The Morgan fingerprint density at radius 2 is 1.31 bits per heavy atom. The van der Waals surface area contributed by atoms with Crippen LogP contribution in [0.3, 0.4) is 0 Å². The highest BCUT2D eigenvalue weighted by Gasteiger charge is 2.24. The van der Waals surface area contributed by atoms with E-state index in [1.165, 1.54) is 12.3 Å². The van der Waals surface area contributed by atoms with E-state index in [0.717, 1.165) is 55.7 Å². The van der Waals surface area contributed by atoms with Gasteiger partial charge in [0.05, 0.1) is 27.8 Å². The third kappa shape index (κ3) is 8.11. The van der Waals surface area contributed by atoms with Crippen molar-refractivity contribution in [3.8, 4) is 67.5 Å². The molecule has 0 atom stereocenters. The normalized spacial score (nSPS) is 16.7. The predicted octanol–water partition coefficient (Wildman–Crippen LogP) is 15.9. The number of benzene rings is 6. The molecule has 1 N–H and O–H groups in total. The molecular formula is C58H61N3O. The van der Waals surface area contributed by atoms with Crippen LogP contribution in [0.1, 0.15) is 135 Å². The van der Waals surface area contributed by atoms with Crippen molar-refractivity contribution in [3.05, 3.63) is 167 Å². The van der Waals surface area contributed by atoms with Crippen molar-refractivity contribution >= 4 is 11.0 Å². The Bertz CT molecular complexity index is 3530. The molecule has 8 rings (SSSR count). The van der Waals surface area contributed by atoms with Crippen molar-refractivity contribution in [3.63, 3.8) is 0 Å². The number of aryl methyl sites for hydroxylation is 2. The summed E-state index contributed by atoms with van der Waals surface area (Å²) in [5, 5.41) is 11.8. The molecule has 2 heterocycles. The van der Waals surface area contributed by atoms with E-state index in [4.69, 9.17) is 30.5 Å². The average Bonchev–Trinajstić information content (AvgIpc) is 3.74. The first-order valence-corrected chi connectivity index (χ1v) is 20.7. The van der Waals surface area contributed by atoms with Crippen molar-refractivity contribution in [1.82, 2.24) is 14.5 Å². The zero-order valence-electron chi connectivity index (χ0n) is 51.7. The van der Waals surface area contributed by atoms with Crippen molar-refractivity contribution in [2.45, 2.75) is 105 Å². The highest BCUT2D eigenvalue weighted by Crippen LogP contribution is 2.42. The van der Waals surface area contributed by atoms with E-state index >= 15 is 0 Å². The van der Waals surface area contributed by atoms with E-state index in [2.05, 4.69) is 26.8 Å². The first kappa shape index (κ1) is 27.6. The minimum absolute atomic E-state index is 0.0739. The number of aromatic hydroxyl groups is 1. The van der Waals surface area contributed by atoms with Crippen molar-refractivity contribution in [2.75, 3.05) is 0 Å². The second kappa shape index (κ2) is 16.2. The molecule has 0 bridgehead atoms.